The molecule has 3 aromatic rings. The highest BCUT2D eigenvalue weighted by molar-refractivity contribution is 7.19. The van der Waals surface area contributed by atoms with Crippen LogP contribution < -0.4 is 5.32 Å². The van der Waals surface area contributed by atoms with Gasteiger partial charge in [-0.25, -0.2) is 4.98 Å². The van der Waals surface area contributed by atoms with Crippen molar-refractivity contribution in [3.63, 3.8) is 0 Å². The molecule has 0 aromatic carbocycles. The number of Topliss-reactive ketones (excluding diaryl/α,β-unsaturated/α-hetero) is 1. The number of ketones is 1. The quantitative estimate of drug-likeness (QED) is 0.327. The van der Waals surface area contributed by atoms with E-state index < -0.39 is 11.2 Å². The first-order valence-corrected chi connectivity index (χ1v) is 11.0. The molecule has 31 heavy (non-hydrogen) atoms. The number of rotatable bonds is 8. The van der Waals surface area contributed by atoms with E-state index in [-0.39, 0.29) is 23.7 Å². The van der Waals surface area contributed by atoms with Crippen LogP contribution in [-0.2, 0) is 20.1 Å². The average molecular weight is 443 g/mol. The number of methoxy groups -OCH3 is 2. The van der Waals surface area contributed by atoms with Gasteiger partial charge in [0.2, 0.25) is 11.7 Å². The van der Waals surface area contributed by atoms with E-state index in [1.165, 1.54) is 11.3 Å². The first kappa shape index (κ1) is 21.6. The second kappa shape index (κ2) is 7.81. The fourth-order valence-corrected chi connectivity index (χ4v) is 5.46. The minimum atomic E-state index is -1.25. The van der Waals surface area contributed by atoms with Gasteiger partial charge in [0.15, 0.2) is 5.78 Å². The summed E-state index contributed by atoms with van der Waals surface area (Å²) in [6.45, 7) is 5.77. The number of carbonyl (C=O) groups excluding carboxylic acids is 2. The number of carbonyl (C=O) groups is 2. The van der Waals surface area contributed by atoms with Gasteiger partial charge in [-0.3, -0.25) is 19.0 Å². The number of hydrogen-bond donors (Lipinski definition) is 1. The predicted octanol–water partition coefficient (Wildman–Crippen LogP) is 3.02. The molecule has 9 heteroatoms. The van der Waals surface area contributed by atoms with E-state index in [2.05, 4.69) is 15.3 Å². The monoisotopic (exact) mass is 442 g/mol. The van der Waals surface area contributed by atoms with Crippen LogP contribution in [0.15, 0.2) is 37.1 Å². The summed E-state index contributed by atoms with van der Waals surface area (Å²) in [4.78, 5) is 35.4. The maximum Gasteiger partial charge on any atom is 0.243 e. The van der Waals surface area contributed by atoms with E-state index >= 15 is 0 Å². The molecular formula is C22H26N4O4S. The molecule has 3 atom stereocenters. The lowest BCUT2D eigenvalue weighted by Gasteiger charge is -2.48. The summed E-state index contributed by atoms with van der Waals surface area (Å²) in [6.07, 6.45) is 7.46. The molecule has 1 aliphatic heterocycles. The molecule has 4 heterocycles. The van der Waals surface area contributed by atoms with Crippen molar-refractivity contribution in [3.8, 4) is 0 Å². The number of thiazole rings is 1. The van der Waals surface area contributed by atoms with Crippen LogP contribution in [0.3, 0.4) is 0 Å². The smallest absolute Gasteiger partial charge is 0.243 e. The molecule has 1 amide bonds. The summed E-state index contributed by atoms with van der Waals surface area (Å²) < 4.78 is 13.4. The molecule has 1 unspecified atom stereocenters. The largest absolute Gasteiger partial charge is 0.351 e. The SMILES string of the molecule is CC[C@@]1(C)C(=O)NC1[C@@H](C)C(=O)c1cn2cnc(C(OC)(OC)c3cccnc3)c2s1. The van der Waals surface area contributed by atoms with Gasteiger partial charge in [-0.1, -0.05) is 19.9 Å². The summed E-state index contributed by atoms with van der Waals surface area (Å²) in [7, 11) is 3.10. The molecule has 1 N–H and O–H groups in total. The van der Waals surface area contributed by atoms with Crippen LogP contribution in [0.25, 0.3) is 4.83 Å². The van der Waals surface area contributed by atoms with Gasteiger partial charge < -0.3 is 14.8 Å². The number of aromatic nitrogens is 3. The number of nitrogens with one attached hydrogen (secondary N) is 1. The first-order chi connectivity index (χ1) is 14.8. The topological polar surface area (TPSA) is 94.8 Å². The molecule has 1 fully saturated rings. The van der Waals surface area contributed by atoms with Crippen molar-refractivity contribution < 1.29 is 19.1 Å². The van der Waals surface area contributed by atoms with E-state index in [4.69, 9.17) is 9.47 Å². The molecule has 0 radical (unpaired) electrons. The van der Waals surface area contributed by atoms with Crippen LogP contribution in [0.4, 0.5) is 0 Å². The number of hydrogen-bond acceptors (Lipinski definition) is 7. The highest BCUT2D eigenvalue weighted by Crippen LogP contribution is 2.41. The second-order valence-electron chi connectivity index (χ2n) is 8.04. The molecule has 0 spiro atoms. The molecule has 0 bridgehead atoms. The number of imidazole rings is 1. The van der Waals surface area contributed by atoms with Crippen LogP contribution >= 0.6 is 11.3 Å². The van der Waals surface area contributed by atoms with E-state index in [0.717, 1.165) is 4.83 Å². The van der Waals surface area contributed by atoms with Gasteiger partial charge in [0, 0.05) is 44.3 Å². The normalized spacial score (nSPS) is 22.2. The Labute approximate surface area is 184 Å². The summed E-state index contributed by atoms with van der Waals surface area (Å²) in [6, 6.07) is 3.49. The van der Waals surface area contributed by atoms with Gasteiger partial charge in [0.1, 0.15) is 16.9 Å². The van der Waals surface area contributed by atoms with Gasteiger partial charge in [-0.05, 0) is 19.4 Å². The zero-order chi connectivity index (χ0) is 22.4. The minimum absolute atomic E-state index is 0.00638. The Morgan fingerprint density at radius 1 is 1.42 bits per heavy atom. The standard InChI is InChI=1S/C22H26N4O4S/c1-6-21(3)17(25-20(21)28)13(2)16(27)15-11-26-12-24-18(19(26)31-15)22(29-4,30-5)14-8-7-9-23-10-14/h7-13,17H,6H2,1-5H3,(H,25,28)/t13-,17?,21+/m0/s1. The fraction of sp³-hybridized carbons (Fsp3) is 0.455. The van der Waals surface area contributed by atoms with Gasteiger partial charge in [0.25, 0.3) is 0 Å². The summed E-state index contributed by atoms with van der Waals surface area (Å²) in [5, 5.41) is 2.92. The summed E-state index contributed by atoms with van der Waals surface area (Å²) in [5.41, 5.74) is 0.742. The van der Waals surface area contributed by atoms with Crippen LogP contribution in [0.1, 0.15) is 48.1 Å². The highest BCUT2D eigenvalue weighted by atomic mass is 32.1. The Balaban J connectivity index is 1.71. The maximum atomic E-state index is 13.3. The van der Waals surface area contributed by atoms with Crippen molar-refractivity contribution in [1.82, 2.24) is 19.7 Å². The van der Waals surface area contributed by atoms with Crippen molar-refractivity contribution in [2.45, 2.75) is 39.0 Å². The van der Waals surface area contributed by atoms with E-state index in [0.29, 0.717) is 22.6 Å². The Morgan fingerprint density at radius 3 is 2.74 bits per heavy atom. The number of β-lactam (4-membered cyclic amide) rings is 1. The van der Waals surface area contributed by atoms with Crippen molar-refractivity contribution in [2.24, 2.45) is 11.3 Å². The number of fused-ring (bicyclic) bond motifs is 1. The lowest BCUT2D eigenvalue weighted by molar-refractivity contribution is -0.185. The van der Waals surface area contributed by atoms with E-state index in [9.17, 15) is 9.59 Å². The van der Waals surface area contributed by atoms with Gasteiger partial charge in [-0.2, -0.15) is 0 Å². The van der Waals surface area contributed by atoms with Crippen molar-refractivity contribution >= 4 is 27.9 Å². The van der Waals surface area contributed by atoms with Crippen LogP contribution in [0.5, 0.6) is 0 Å². The highest BCUT2D eigenvalue weighted by Gasteiger charge is 2.53. The molecule has 4 rings (SSSR count). The molecule has 1 aliphatic rings. The summed E-state index contributed by atoms with van der Waals surface area (Å²) >= 11 is 1.34. The van der Waals surface area contributed by atoms with Crippen LogP contribution in [-0.4, -0.2) is 46.3 Å². The van der Waals surface area contributed by atoms with Gasteiger partial charge in [0.05, 0.1) is 16.3 Å². The molecule has 0 saturated carbocycles. The summed E-state index contributed by atoms with van der Waals surface area (Å²) in [5.74, 6) is -1.59. The van der Waals surface area contributed by atoms with Gasteiger partial charge in [-0.15, -0.1) is 11.3 Å². The number of nitrogens with zero attached hydrogens (tertiary/aromatic N) is 3. The number of ether oxygens (including phenoxy) is 2. The van der Waals surface area contributed by atoms with Crippen LogP contribution in [0, 0.1) is 11.3 Å². The third kappa shape index (κ3) is 3.10. The predicted molar refractivity (Wildman–Crippen MR) is 116 cm³/mol. The Bertz CT molecular complexity index is 1120. The van der Waals surface area contributed by atoms with Crippen molar-refractivity contribution in [2.75, 3.05) is 14.2 Å². The zero-order valence-electron chi connectivity index (χ0n) is 18.2. The number of pyridine rings is 1. The van der Waals surface area contributed by atoms with Crippen LogP contribution in [0.2, 0.25) is 0 Å². The molecule has 8 nitrogen and oxygen atoms in total. The average Bonchev–Trinajstić information content (AvgIpc) is 3.39. The van der Waals surface area contributed by atoms with Gasteiger partial charge >= 0.3 is 0 Å². The minimum Gasteiger partial charge on any atom is -0.351 e. The Hall–Kier alpha value is -2.62. The second-order valence-corrected chi connectivity index (χ2v) is 9.07. The van der Waals surface area contributed by atoms with E-state index in [1.807, 2.05) is 31.2 Å². The zero-order valence-corrected chi connectivity index (χ0v) is 19.0. The number of amides is 1. The molecular weight excluding hydrogens is 416 g/mol. The molecule has 164 valence electrons. The third-order valence-corrected chi connectivity index (χ3v) is 7.65. The molecule has 0 aliphatic carbocycles. The maximum absolute atomic E-state index is 13.3. The molecule has 1 saturated heterocycles. The van der Waals surface area contributed by atoms with Crippen molar-refractivity contribution in [3.05, 3.63) is 53.2 Å². The first-order valence-electron chi connectivity index (χ1n) is 10.1. The Kier molecular flexibility index (Phi) is 5.45. The fourth-order valence-electron chi connectivity index (χ4n) is 4.31. The van der Waals surface area contributed by atoms with Crippen molar-refractivity contribution in [1.29, 1.82) is 0 Å². The Morgan fingerprint density at radius 2 is 2.16 bits per heavy atom. The lowest BCUT2D eigenvalue weighted by atomic mass is 9.66. The third-order valence-electron chi connectivity index (χ3n) is 6.52. The lowest BCUT2D eigenvalue weighted by Crippen LogP contribution is -2.68. The van der Waals surface area contributed by atoms with E-state index in [1.54, 1.807) is 45.2 Å². The molecule has 3 aromatic heterocycles.